The molecule has 0 spiro atoms. The number of hydrogen-bond donors (Lipinski definition) is 4. The first-order chi connectivity index (χ1) is 29.1. The Morgan fingerprint density at radius 3 is 2.51 bits per heavy atom. The number of amides is 4. The number of piperazine rings is 1. The van der Waals surface area contributed by atoms with Crippen molar-refractivity contribution < 1.29 is 37.1 Å². The van der Waals surface area contributed by atoms with Gasteiger partial charge in [-0.15, -0.1) is 11.3 Å². The molecule has 1 unspecified atom stereocenters. The molecule has 0 bridgehead atoms. The van der Waals surface area contributed by atoms with Crippen molar-refractivity contribution in [1.82, 2.24) is 35.0 Å². The summed E-state index contributed by atoms with van der Waals surface area (Å²) < 4.78 is 43.6. The summed E-state index contributed by atoms with van der Waals surface area (Å²) in [5, 5.41) is 14.1. The summed E-state index contributed by atoms with van der Waals surface area (Å²) in [6.07, 6.45) is 2.03. The summed E-state index contributed by atoms with van der Waals surface area (Å²) in [4.78, 5) is 72.3. The van der Waals surface area contributed by atoms with Gasteiger partial charge in [-0.2, -0.15) is 0 Å². The number of fused-ring (bicyclic) bond motifs is 1. The molecule has 3 fully saturated rings. The Hall–Kier alpha value is -5.57. The molecule has 2 aromatic carbocycles. The van der Waals surface area contributed by atoms with Crippen molar-refractivity contribution in [2.45, 2.75) is 63.6 Å². The lowest BCUT2D eigenvalue weighted by molar-refractivity contribution is -0.139. The van der Waals surface area contributed by atoms with Crippen molar-refractivity contribution in [2.75, 3.05) is 66.9 Å². The number of nitrogen functional groups attached to an aromatic ring is 1. The largest absolute Gasteiger partial charge is 0.369 e. The SMILES string of the molecule is CCCS(=O)(=O)Nc1cccc(-c2nc(C3(C)CCN(C(=O)CN4CCN(c5ccc6c(c5)C(O)N([C@@H]5CCC(=O)NC5=O)C6=O)CC4)CC3)sc2-c2ccnc(N)n2)c1F. The summed E-state index contributed by atoms with van der Waals surface area (Å²) in [5.74, 6) is -2.29. The number of piperidine rings is 2. The highest BCUT2D eigenvalue weighted by Crippen LogP contribution is 2.45. The van der Waals surface area contributed by atoms with Crippen LogP contribution < -0.4 is 20.7 Å². The van der Waals surface area contributed by atoms with Crippen LogP contribution in [0.5, 0.6) is 0 Å². The summed E-state index contributed by atoms with van der Waals surface area (Å²) in [7, 11) is -3.76. The van der Waals surface area contributed by atoms with Gasteiger partial charge in [0.2, 0.25) is 33.7 Å². The number of nitrogens with one attached hydrogen (secondary N) is 2. The summed E-state index contributed by atoms with van der Waals surface area (Å²) >= 11 is 1.37. The van der Waals surface area contributed by atoms with Crippen molar-refractivity contribution in [2.24, 2.45) is 0 Å². The van der Waals surface area contributed by atoms with Gasteiger partial charge in [0.1, 0.15) is 6.04 Å². The Labute approximate surface area is 356 Å². The molecule has 4 aliphatic heterocycles. The number of thiazole rings is 1. The fourth-order valence-corrected chi connectivity index (χ4v) is 10.8. The highest BCUT2D eigenvalue weighted by Gasteiger charge is 2.45. The van der Waals surface area contributed by atoms with Gasteiger partial charge >= 0.3 is 0 Å². The average Bonchev–Trinajstić information content (AvgIpc) is 3.78. The Morgan fingerprint density at radius 1 is 1.05 bits per heavy atom. The Bertz CT molecular complexity index is 2500. The molecular weight excluding hydrogens is 828 g/mol. The van der Waals surface area contributed by atoms with Crippen LogP contribution in [0, 0.1) is 5.82 Å². The second kappa shape index (κ2) is 16.7. The van der Waals surface area contributed by atoms with Crippen molar-refractivity contribution in [3.63, 3.8) is 0 Å². The maximum atomic E-state index is 16.1. The Kier molecular flexibility index (Phi) is 11.5. The zero-order chi connectivity index (χ0) is 43.2. The van der Waals surface area contributed by atoms with Gasteiger partial charge in [0.15, 0.2) is 12.0 Å². The van der Waals surface area contributed by atoms with E-state index in [2.05, 4.69) is 36.7 Å². The number of halogens is 1. The van der Waals surface area contributed by atoms with Crippen molar-refractivity contribution >= 4 is 62.3 Å². The third-order valence-electron chi connectivity index (χ3n) is 11.9. The predicted octanol–water partition coefficient (Wildman–Crippen LogP) is 3.09. The lowest BCUT2D eigenvalue weighted by Crippen LogP contribution is -2.53. The van der Waals surface area contributed by atoms with Crippen LogP contribution in [0.25, 0.3) is 21.8 Å². The minimum Gasteiger partial charge on any atom is -0.369 e. The number of imide groups is 1. The second-order valence-corrected chi connectivity index (χ2v) is 19.0. The number of aliphatic hydroxyl groups excluding tert-OH is 1. The first kappa shape index (κ1) is 42.1. The van der Waals surface area contributed by atoms with Crippen LogP contribution in [0.4, 0.5) is 21.7 Å². The second-order valence-electron chi connectivity index (χ2n) is 16.1. The first-order valence-electron chi connectivity index (χ1n) is 20.3. The number of hydrogen-bond acceptors (Lipinski definition) is 14. The monoisotopic (exact) mass is 874 g/mol. The maximum absolute atomic E-state index is 16.1. The number of aliphatic hydroxyl groups is 1. The predicted molar refractivity (Wildman–Crippen MR) is 226 cm³/mol. The molecule has 6 heterocycles. The molecule has 2 atom stereocenters. The summed E-state index contributed by atoms with van der Waals surface area (Å²) in [6.45, 7) is 7.53. The molecule has 4 aromatic rings. The molecule has 8 rings (SSSR count). The van der Waals surface area contributed by atoms with Crippen LogP contribution in [0.2, 0.25) is 0 Å². The average molecular weight is 875 g/mol. The minimum absolute atomic E-state index is 0.0181. The van der Waals surface area contributed by atoms with E-state index in [4.69, 9.17) is 10.7 Å². The molecule has 4 amide bonds. The van der Waals surface area contributed by atoms with E-state index in [1.54, 1.807) is 37.3 Å². The molecule has 5 N–H and O–H groups in total. The topological polar surface area (TPSA) is 224 Å². The Morgan fingerprint density at radius 2 is 1.80 bits per heavy atom. The third kappa shape index (κ3) is 8.40. The smallest absolute Gasteiger partial charge is 0.257 e. The number of nitrogens with two attached hydrogens (primary N) is 1. The number of rotatable bonds is 11. The van der Waals surface area contributed by atoms with Crippen LogP contribution in [0.3, 0.4) is 0 Å². The number of nitrogens with zero attached hydrogens (tertiary/aromatic N) is 7. The molecule has 0 saturated carbocycles. The van der Waals surface area contributed by atoms with E-state index >= 15 is 4.39 Å². The minimum atomic E-state index is -3.76. The molecule has 322 valence electrons. The molecule has 0 radical (unpaired) electrons. The van der Waals surface area contributed by atoms with Gasteiger partial charge in [0.25, 0.3) is 5.91 Å². The van der Waals surface area contributed by atoms with E-state index in [0.717, 1.165) is 15.6 Å². The van der Waals surface area contributed by atoms with Gasteiger partial charge in [-0.3, -0.25) is 39.0 Å². The fourth-order valence-electron chi connectivity index (χ4n) is 8.45. The molecule has 61 heavy (non-hydrogen) atoms. The maximum Gasteiger partial charge on any atom is 0.257 e. The normalized spacial score (nSPS) is 20.8. The number of carbonyl (C=O) groups is 4. The number of likely N-dealkylation sites (tertiary alicyclic amines) is 1. The van der Waals surface area contributed by atoms with E-state index in [0.29, 0.717) is 85.9 Å². The molecule has 20 heteroatoms. The lowest BCUT2D eigenvalue weighted by Gasteiger charge is -2.40. The van der Waals surface area contributed by atoms with Crippen molar-refractivity contribution in [3.8, 4) is 21.8 Å². The Balaban J connectivity index is 0.907. The summed E-state index contributed by atoms with van der Waals surface area (Å²) in [6, 6.07) is 10.5. The first-order valence-corrected chi connectivity index (χ1v) is 22.7. The zero-order valence-electron chi connectivity index (χ0n) is 33.8. The van der Waals surface area contributed by atoms with Gasteiger partial charge in [0.05, 0.1) is 39.3 Å². The van der Waals surface area contributed by atoms with Gasteiger partial charge in [-0.25, -0.2) is 27.8 Å². The fraction of sp³-hybridized carbons (Fsp3) is 0.439. The lowest BCUT2D eigenvalue weighted by atomic mass is 9.81. The molecule has 4 aliphatic rings. The van der Waals surface area contributed by atoms with Crippen LogP contribution >= 0.6 is 11.3 Å². The number of anilines is 3. The van der Waals surface area contributed by atoms with Crippen LogP contribution in [0.15, 0.2) is 48.7 Å². The van der Waals surface area contributed by atoms with Gasteiger partial charge in [0, 0.05) is 79.7 Å². The van der Waals surface area contributed by atoms with Crippen LogP contribution in [-0.2, 0) is 29.8 Å². The molecular formula is C41H47FN10O7S2. The molecule has 3 saturated heterocycles. The number of carbonyl (C=O) groups excluding carboxylic acids is 4. The van der Waals surface area contributed by atoms with Crippen LogP contribution in [-0.4, -0.2) is 124 Å². The van der Waals surface area contributed by atoms with Crippen molar-refractivity contribution in [3.05, 3.63) is 70.6 Å². The number of benzene rings is 2. The molecule has 0 aliphatic carbocycles. The van der Waals surface area contributed by atoms with Gasteiger partial charge in [-0.1, -0.05) is 19.9 Å². The van der Waals surface area contributed by atoms with Gasteiger partial charge in [-0.05, 0) is 62.1 Å². The van der Waals surface area contributed by atoms with Gasteiger partial charge < -0.3 is 20.6 Å². The highest BCUT2D eigenvalue weighted by atomic mass is 32.2. The highest BCUT2D eigenvalue weighted by molar-refractivity contribution is 7.92. The third-order valence-corrected chi connectivity index (χ3v) is 14.8. The number of sulfonamides is 1. The van der Waals surface area contributed by atoms with E-state index in [1.807, 2.05) is 11.0 Å². The molecule has 17 nitrogen and oxygen atoms in total. The quantitative estimate of drug-likeness (QED) is 0.159. The molecule has 2 aromatic heterocycles. The van der Waals surface area contributed by atoms with E-state index in [1.165, 1.54) is 23.6 Å². The van der Waals surface area contributed by atoms with E-state index in [9.17, 15) is 32.7 Å². The standard InChI is InChI=1S/C41H47FN10O7S2/c1-3-21-61(58,59)48-28-6-4-5-26(33(28)42)34-35(29-11-14-44-40(43)45-29)60-39(47-34)41(2)12-15-51(16-13-41)32(54)23-49-17-19-50(20-18-49)24-7-8-25-27(22-24)38(57)52(37(25)56)30-9-10-31(53)46-36(30)55/h4-8,11,14,22,30,38,48,57H,3,9-10,12-13,15-21,23H2,1-2H3,(H2,43,44,45)(H,46,53,55)/t30-,38?/m1/s1. The zero-order valence-corrected chi connectivity index (χ0v) is 35.4. The van der Waals surface area contributed by atoms with E-state index < -0.39 is 51.2 Å². The van der Waals surface area contributed by atoms with Crippen molar-refractivity contribution in [1.29, 1.82) is 0 Å². The van der Waals surface area contributed by atoms with E-state index in [-0.39, 0.29) is 48.2 Å². The summed E-state index contributed by atoms with van der Waals surface area (Å²) in [5.41, 5.74) is 7.76. The number of aromatic nitrogens is 3. The van der Waals surface area contributed by atoms with Crippen LogP contribution in [0.1, 0.15) is 73.1 Å².